The lowest BCUT2D eigenvalue weighted by molar-refractivity contribution is -0.0220. The Labute approximate surface area is 232 Å². The van der Waals surface area contributed by atoms with E-state index in [-0.39, 0.29) is 37.6 Å². The number of rotatable bonds is 7. The SMILES string of the molecule is CCS(=O)(=O)Nc1ccc(C(=O)Nc2cc(N3CCC(F)(F)CC3)c3cn[nH]c3c2)c(N2CCC3(CC2)CC3)c1. The van der Waals surface area contributed by atoms with Gasteiger partial charge in [0.25, 0.3) is 11.8 Å². The van der Waals surface area contributed by atoms with Crippen molar-refractivity contribution >= 4 is 49.6 Å². The van der Waals surface area contributed by atoms with Crippen LogP contribution < -0.4 is 19.8 Å². The van der Waals surface area contributed by atoms with Crippen molar-refractivity contribution < 1.29 is 22.0 Å². The molecule has 3 aromatic rings. The summed E-state index contributed by atoms with van der Waals surface area (Å²) in [4.78, 5) is 17.8. The van der Waals surface area contributed by atoms with Gasteiger partial charge in [-0.3, -0.25) is 14.6 Å². The minimum absolute atomic E-state index is 0.0517. The lowest BCUT2D eigenvalue weighted by Gasteiger charge is -2.35. The van der Waals surface area contributed by atoms with Gasteiger partial charge in [-0.25, -0.2) is 17.2 Å². The molecule has 3 fully saturated rings. The molecule has 12 heteroatoms. The molecule has 1 saturated carbocycles. The Morgan fingerprint density at radius 2 is 1.60 bits per heavy atom. The molecule has 1 aliphatic carbocycles. The zero-order chi connectivity index (χ0) is 28.1. The molecule has 6 rings (SSSR count). The van der Waals surface area contributed by atoms with E-state index in [1.807, 2.05) is 4.90 Å². The summed E-state index contributed by atoms with van der Waals surface area (Å²) in [6.07, 6.45) is 5.81. The molecule has 0 unspecified atom stereocenters. The third kappa shape index (κ3) is 5.45. The van der Waals surface area contributed by atoms with Crippen LogP contribution >= 0.6 is 0 Å². The number of alkyl halides is 2. The predicted molar refractivity (Wildman–Crippen MR) is 153 cm³/mol. The Bertz CT molecular complexity index is 1530. The van der Waals surface area contributed by atoms with Gasteiger partial charge in [0.2, 0.25) is 10.0 Å². The van der Waals surface area contributed by atoms with Crippen LogP contribution in [0.15, 0.2) is 36.5 Å². The molecule has 40 heavy (non-hydrogen) atoms. The van der Waals surface area contributed by atoms with Crippen LogP contribution in [0.3, 0.4) is 0 Å². The number of hydrogen-bond donors (Lipinski definition) is 3. The average Bonchev–Trinajstić information content (AvgIpc) is 3.50. The minimum Gasteiger partial charge on any atom is -0.371 e. The third-order valence-electron chi connectivity index (χ3n) is 8.65. The minimum atomic E-state index is -3.48. The van der Waals surface area contributed by atoms with Crippen LogP contribution in [0.25, 0.3) is 10.9 Å². The van der Waals surface area contributed by atoms with Crippen molar-refractivity contribution in [3.63, 3.8) is 0 Å². The van der Waals surface area contributed by atoms with Crippen molar-refractivity contribution in [1.82, 2.24) is 10.2 Å². The van der Waals surface area contributed by atoms with Crippen LogP contribution in [0.4, 0.5) is 31.5 Å². The number of halogens is 2. The molecule has 214 valence electrons. The fraction of sp³-hybridized carbons (Fsp3) is 0.500. The highest BCUT2D eigenvalue weighted by Crippen LogP contribution is 2.54. The Morgan fingerprint density at radius 1 is 0.950 bits per heavy atom. The smallest absolute Gasteiger partial charge is 0.257 e. The number of benzene rings is 2. The first-order valence-electron chi connectivity index (χ1n) is 13.9. The largest absolute Gasteiger partial charge is 0.371 e. The molecular weight excluding hydrogens is 538 g/mol. The first-order chi connectivity index (χ1) is 19.1. The molecule has 3 heterocycles. The van der Waals surface area contributed by atoms with Crippen molar-refractivity contribution in [2.24, 2.45) is 5.41 Å². The van der Waals surface area contributed by atoms with Gasteiger partial charge in [0.05, 0.1) is 34.4 Å². The van der Waals surface area contributed by atoms with Gasteiger partial charge >= 0.3 is 0 Å². The number of hydrogen-bond acceptors (Lipinski definition) is 6. The average molecular weight is 573 g/mol. The van der Waals surface area contributed by atoms with Crippen molar-refractivity contribution in [3.05, 3.63) is 42.1 Å². The van der Waals surface area contributed by atoms with Gasteiger partial charge in [-0.05, 0) is 68.4 Å². The monoisotopic (exact) mass is 572 g/mol. The maximum absolute atomic E-state index is 13.8. The number of anilines is 4. The number of piperidine rings is 2. The van der Waals surface area contributed by atoms with E-state index >= 15 is 0 Å². The molecule has 0 atom stereocenters. The van der Waals surface area contributed by atoms with Crippen molar-refractivity contribution in [2.45, 2.75) is 51.4 Å². The van der Waals surface area contributed by atoms with Gasteiger partial charge in [-0.2, -0.15) is 5.10 Å². The number of carbonyl (C=O) groups is 1. The fourth-order valence-corrected chi connectivity index (χ4v) is 6.47. The zero-order valence-corrected chi connectivity index (χ0v) is 23.3. The van der Waals surface area contributed by atoms with Crippen LogP contribution in [-0.2, 0) is 10.0 Å². The number of carbonyl (C=O) groups excluding carboxylic acids is 1. The molecule has 1 spiro atoms. The Balaban J connectivity index is 1.29. The lowest BCUT2D eigenvalue weighted by Crippen LogP contribution is -2.39. The highest BCUT2D eigenvalue weighted by atomic mass is 32.2. The first kappa shape index (κ1) is 26.8. The van der Waals surface area contributed by atoms with Gasteiger partial charge in [0, 0.05) is 55.8 Å². The number of amides is 1. The number of nitrogens with one attached hydrogen (secondary N) is 3. The lowest BCUT2D eigenvalue weighted by atomic mass is 9.93. The maximum Gasteiger partial charge on any atom is 0.257 e. The molecule has 1 amide bonds. The Hall–Kier alpha value is -3.41. The van der Waals surface area contributed by atoms with Gasteiger partial charge in [-0.1, -0.05) is 0 Å². The normalized spacial score (nSPS) is 20.1. The number of H-pyrrole nitrogens is 1. The van der Waals surface area contributed by atoms with Crippen LogP contribution in [0.5, 0.6) is 0 Å². The molecule has 9 nitrogen and oxygen atoms in total. The van der Waals surface area contributed by atoms with E-state index in [0.717, 1.165) is 37.0 Å². The van der Waals surface area contributed by atoms with E-state index in [1.165, 1.54) is 12.8 Å². The zero-order valence-electron chi connectivity index (χ0n) is 22.5. The van der Waals surface area contributed by atoms with E-state index in [2.05, 4.69) is 25.1 Å². The van der Waals surface area contributed by atoms with Crippen LogP contribution in [0, 0.1) is 5.41 Å². The van der Waals surface area contributed by atoms with E-state index in [9.17, 15) is 22.0 Å². The fourth-order valence-electron chi connectivity index (χ4n) is 5.84. The van der Waals surface area contributed by atoms with Crippen LogP contribution in [0.1, 0.15) is 55.8 Å². The van der Waals surface area contributed by atoms with E-state index in [1.54, 1.807) is 43.5 Å². The summed E-state index contributed by atoms with van der Waals surface area (Å²) in [6.45, 7) is 3.59. The van der Waals surface area contributed by atoms with Crippen molar-refractivity contribution in [2.75, 3.05) is 51.8 Å². The second-order valence-corrected chi connectivity index (χ2v) is 13.4. The quantitative estimate of drug-likeness (QED) is 0.359. The molecule has 3 aliphatic rings. The number of fused-ring (bicyclic) bond motifs is 1. The molecule has 2 aliphatic heterocycles. The summed E-state index contributed by atoms with van der Waals surface area (Å²) in [7, 11) is -3.48. The highest BCUT2D eigenvalue weighted by Gasteiger charge is 2.44. The van der Waals surface area contributed by atoms with Gasteiger partial charge in [0.1, 0.15) is 0 Å². The summed E-state index contributed by atoms with van der Waals surface area (Å²) < 4.78 is 54.7. The highest BCUT2D eigenvalue weighted by molar-refractivity contribution is 7.92. The van der Waals surface area contributed by atoms with Gasteiger partial charge in [0.15, 0.2) is 0 Å². The van der Waals surface area contributed by atoms with E-state index in [4.69, 9.17) is 0 Å². The van der Waals surface area contributed by atoms with Crippen LogP contribution in [-0.4, -0.2) is 62.4 Å². The molecule has 2 aromatic carbocycles. The molecule has 0 radical (unpaired) electrons. The number of aromatic nitrogens is 2. The van der Waals surface area contributed by atoms with E-state index < -0.39 is 15.9 Å². The molecule has 3 N–H and O–H groups in total. The van der Waals surface area contributed by atoms with Crippen molar-refractivity contribution in [3.8, 4) is 0 Å². The summed E-state index contributed by atoms with van der Waals surface area (Å²) >= 11 is 0. The van der Waals surface area contributed by atoms with Gasteiger partial charge in [-0.15, -0.1) is 0 Å². The second-order valence-electron chi connectivity index (χ2n) is 11.3. The Kier molecular flexibility index (Phi) is 6.63. The van der Waals surface area contributed by atoms with Crippen molar-refractivity contribution in [1.29, 1.82) is 0 Å². The van der Waals surface area contributed by atoms with Crippen LogP contribution in [0.2, 0.25) is 0 Å². The topological polar surface area (TPSA) is 110 Å². The summed E-state index contributed by atoms with van der Waals surface area (Å²) in [6, 6.07) is 8.59. The predicted octanol–water partition coefficient (Wildman–Crippen LogP) is 5.19. The number of aromatic amines is 1. The first-order valence-corrected chi connectivity index (χ1v) is 15.5. The number of nitrogens with zero attached hydrogens (tertiary/aromatic N) is 3. The molecular formula is C28H34F2N6O3S. The third-order valence-corrected chi connectivity index (χ3v) is 9.95. The maximum atomic E-state index is 13.8. The number of sulfonamides is 1. The second kappa shape index (κ2) is 9.90. The standard InChI is InChI=1S/C28H34F2N6O3S/c1-2-40(38,39)34-19-3-4-21(24(16-19)35-11-7-27(5-6-27)8-12-35)26(37)32-20-15-23-22(18-31-33-23)25(17-20)36-13-9-28(29,30)10-14-36/h3-4,15-18,34H,2,5-14H2,1H3,(H,31,33)(H,32,37). The summed E-state index contributed by atoms with van der Waals surface area (Å²) in [5.74, 6) is -3.05. The molecule has 0 bridgehead atoms. The summed E-state index contributed by atoms with van der Waals surface area (Å²) in [5.41, 5.74) is 3.94. The van der Waals surface area contributed by atoms with Gasteiger partial charge < -0.3 is 15.1 Å². The van der Waals surface area contributed by atoms with E-state index in [0.29, 0.717) is 33.6 Å². The summed E-state index contributed by atoms with van der Waals surface area (Å²) in [5, 5.41) is 10.9. The molecule has 1 aromatic heterocycles. The molecule has 2 saturated heterocycles. The Morgan fingerprint density at radius 3 is 2.27 bits per heavy atom.